The summed E-state index contributed by atoms with van der Waals surface area (Å²) in [4.78, 5) is 12.5. The summed E-state index contributed by atoms with van der Waals surface area (Å²) in [6.07, 6.45) is 1.05. The average Bonchev–Trinajstić information content (AvgIpc) is 2.49. The maximum absolute atomic E-state index is 13.7. The number of methoxy groups -OCH3 is 1. The molecule has 23 heavy (non-hydrogen) atoms. The number of fused-ring (bicyclic) bond motifs is 1. The van der Waals surface area contributed by atoms with Crippen molar-refractivity contribution < 1.29 is 19.0 Å². The molecular weight excluding hydrogens is 369 g/mol. The number of ether oxygens (including phenoxy) is 2. The van der Waals surface area contributed by atoms with Crippen LogP contribution in [0.25, 0.3) is 10.8 Å². The number of halogens is 2. The van der Waals surface area contributed by atoms with E-state index in [-0.39, 0.29) is 25.0 Å². The van der Waals surface area contributed by atoms with Gasteiger partial charge in [0.15, 0.2) is 0 Å². The molecule has 1 unspecified atom stereocenters. The average molecular weight is 388 g/mol. The third-order valence-electron chi connectivity index (χ3n) is 3.44. The fraction of sp³-hybridized carbons (Fsp3) is 0.438. The maximum atomic E-state index is 13.7. The zero-order chi connectivity index (χ0) is 17.0. The van der Waals surface area contributed by atoms with Crippen LogP contribution in [0, 0.1) is 5.82 Å². The molecule has 2 rings (SSSR count). The molecule has 2 atom stereocenters. The monoisotopic (exact) mass is 387 g/mol. The second-order valence-electron chi connectivity index (χ2n) is 5.41. The first kappa shape index (κ1) is 18.1. The molecule has 5 nitrogen and oxygen atoms in total. The number of hydrogen-bond acceptors (Lipinski definition) is 4. The summed E-state index contributed by atoms with van der Waals surface area (Å²) in [6.45, 7) is 1.97. The van der Waals surface area contributed by atoms with Crippen molar-refractivity contribution in [2.75, 3.05) is 13.9 Å². The molecule has 0 saturated heterocycles. The molecule has 1 aromatic heterocycles. The molecule has 0 aliphatic carbocycles. The van der Waals surface area contributed by atoms with Gasteiger partial charge in [0.25, 0.3) is 5.56 Å². The van der Waals surface area contributed by atoms with Crippen molar-refractivity contribution in [2.24, 2.45) is 0 Å². The lowest BCUT2D eigenvalue weighted by Crippen LogP contribution is -2.30. The van der Waals surface area contributed by atoms with E-state index in [1.165, 1.54) is 17.7 Å². The predicted octanol–water partition coefficient (Wildman–Crippen LogP) is 2.66. The Balaban J connectivity index is 2.32. The lowest BCUT2D eigenvalue weighted by Gasteiger charge is -2.20. The van der Waals surface area contributed by atoms with Gasteiger partial charge in [-0.05, 0) is 46.4 Å². The Bertz CT molecular complexity index is 732. The van der Waals surface area contributed by atoms with E-state index in [1.54, 1.807) is 25.3 Å². The Hall–Kier alpha value is -1.28. The third-order valence-corrected chi connectivity index (χ3v) is 4.05. The Kier molecular flexibility index (Phi) is 6.29. The number of hydrogen-bond donors (Lipinski definition) is 1. The summed E-state index contributed by atoms with van der Waals surface area (Å²) in [7, 11) is 1.50. The van der Waals surface area contributed by atoms with E-state index in [9.17, 15) is 14.3 Å². The lowest BCUT2D eigenvalue weighted by atomic mass is 10.1. The van der Waals surface area contributed by atoms with Crippen molar-refractivity contribution in [3.05, 3.63) is 45.0 Å². The van der Waals surface area contributed by atoms with Crippen molar-refractivity contribution in [2.45, 2.75) is 32.1 Å². The SMILES string of the molecule is COCOC(C[C@H](C)O)Cn1ccc2cc(Br)c(F)cc2c1=O. The first-order valence-corrected chi connectivity index (χ1v) is 7.98. The summed E-state index contributed by atoms with van der Waals surface area (Å²) in [5, 5.41) is 10.5. The third kappa shape index (κ3) is 4.60. The van der Waals surface area contributed by atoms with E-state index in [2.05, 4.69) is 15.9 Å². The normalized spacial score (nSPS) is 14.1. The van der Waals surface area contributed by atoms with E-state index in [4.69, 9.17) is 9.47 Å². The van der Waals surface area contributed by atoms with Gasteiger partial charge in [0, 0.05) is 19.7 Å². The van der Waals surface area contributed by atoms with Crippen LogP contribution in [-0.4, -0.2) is 35.8 Å². The van der Waals surface area contributed by atoms with Crippen LogP contribution in [-0.2, 0) is 16.0 Å². The fourth-order valence-corrected chi connectivity index (χ4v) is 2.74. The lowest BCUT2D eigenvalue weighted by molar-refractivity contribution is -0.0882. The van der Waals surface area contributed by atoms with Crippen LogP contribution in [0.3, 0.4) is 0 Å². The molecule has 0 bridgehead atoms. The highest BCUT2D eigenvalue weighted by molar-refractivity contribution is 9.10. The number of pyridine rings is 1. The van der Waals surface area contributed by atoms with Crippen molar-refractivity contribution in [3.8, 4) is 0 Å². The number of rotatable bonds is 7. The number of benzene rings is 1. The molecule has 0 amide bonds. The van der Waals surface area contributed by atoms with Gasteiger partial charge in [-0.1, -0.05) is 0 Å². The summed E-state index contributed by atoms with van der Waals surface area (Å²) in [5.41, 5.74) is -0.300. The Morgan fingerprint density at radius 2 is 2.17 bits per heavy atom. The molecule has 2 aromatic rings. The minimum Gasteiger partial charge on any atom is -0.393 e. The van der Waals surface area contributed by atoms with Crippen LogP contribution in [0.2, 0.25) is 0 Å². The Morgan fingerprint density at radius 3 is 2.83 bits per heavy atom. The second kappa shape index (κ2) is 8.01. The zero-order valence-corrected chi connectivity index (χ0v) is 14.5. The minimum absolute atomic E-state index is 0.0707. The first-order chi connectivity index (χ1) is 10.9. The molecule has 7 heteroatoms. The number of aliphatic hydroxyl groups is 1. The largest absolute Gasteiger partial charge is 0.393 e. The number of aliphatic hydroxyl groups excluding tert-OH is 1. The van der Waals surface area contributed by atoms with Gasteiger partial charge in [0.1, 0.15) is 12.6 Å². The Morgan fingerprint density at radius 1 is 1.43 bits per heavy atom. The molecular formula is C16H19BrFNO4. The molecule has 0 aliphatic heterocycles. The molecule has 126 valence electrons. The van der Waals surface area contributed by atoms with Crippen molar-refractivity contribution >= 4 is 26.7 Å². The summed E-state index contributed by atoms with van der Waals surface area (Å²) >= 11 is 3.11. The summed E-state index contributed by atoms with van der Waals surface area (Å²) in [5.74, 6) is -0.483. The highest BCUT2D eigenvalue weighted by atomic mass is 79.9. The van der Waals surface area contributed by atoms with Gasteiger partial charge in [-0.3, -0.25) is 4.79 Å². The van der Waals surface area contributed by atoms with E-state index >= 15 is 0 Å². The van der Waals surface area contributed by atoms with E-state index < -0.39 is 11.9 Å². The maximum Gasteiger partial charge on any atom is 0.258 e. The minimum atomic E-state index is -0.568. The molecule has 0 aliphatic rings. The summed E-state index contributed by atoms with van der Waals surface area (Å²) < 4.78 is 25.8. The van der Waals surface area contributed by atoms with Gasteiger partial charge >= 0.3 is 0 Å². The predicted molar refractivity (Wildman–Crippen MR) is 88.9 cm³/mol. The summed E-state index contributed by atoms with van der Waals surface area (Å²) in [6, 6.07) is 4.54. The first-order valence-electron chi connectivity index (χ1n) is 7.19. The van der Waals surface area contributed by atoms with E-state index in [0.29, 0.717) is 21.7 Å². The molecule has 1 N–H and O–H groups in total. The van der Waals surface area contributed by atoms with Gasteiger partial charge < -0.3 is 19.1 Å². The van der Waals surface area contributed by atoms with Crippen LogP contribution in [0.1, 0.15) is 13.3 Å². The van der Waals surface area contributed by atoms with Gasteiger partial charge in [0.2, 0.25) is 0 Å². The highest BCUT2D eigenvalue weighted by Crippen LogP contribution is 2.21. The van der Waals surface area contributed by atoms with E-state index in [1.807, 2.05) is 0 Å². The molecule has 0 radical (unpaired) electrons. The van der Waals surface area contributed by atoms with Crippen molar-refractivity contribution in [3.63, 3.8) is 0 Å². The molecule has 0 fully saturated rings. The van der Waals surface area contributed by atoms with Crippen LogP contribution in [0.4, 0.5) is 4.39 Å². The zero-order valence-electron chi connectivity index (χ0n) is 13.0. The van der Waals surface area contributed by atoms with Gasteiger partial charge in [-0.2, -0.15) is 0 Å². The highest BCUT2D eigenvalue weighted by Gasteiger charge is 2.15. The van der Waals surface area contributed by atoms with Crippen LogP contribution >= 0.6 is 15.9 Å². The quantitative estimate of drug-likeness (QED) is 0.741. The molecule has 0 spiro atoms. The number of aromatic nitrogens is 1. The van der Waals surface area contributed by atoms with Crippen molar-refractivity contribution in [1.29, 1.82) is 0 Å². The molecule has 1 aromatic carbocycles. The fourth-order valence-electron chi connectivity index (χ4n) is 2.38. The van der Waals surface area contributed by atoms with Gasteiger partial charge in [0.05, 0.1) is 28.6 Å². The Labute approximate surface area is 141 Å². The van der Waals surface area contributed by atoms with E-state index in [0.717, 1.165) is 0 Å². The van der Waals surface area contributed by atoms with Crippen LogP contribution in [0.5, 0.6) is 0 Å². The van der Waals surface area contributed by atoms with Crippen molar-refractivity contribution in [1.82, 2.24) is 4.57 Å². The van der Waals surface area contributed by atoms with Crippen LogP contribution in [0.15, 0.2) is 33.7 Å². The molecule has 0 saturated carbocycles. The number of nitrogens with zero attached hydrogens (tertiary/aromatic N) is 1. The standard InChI is InChI=1S/C16H19BrFNO4/c1-10(20)5-12(23-9-22-2)8-19-4-3-11-6-14(17)15(18)7-13(11)16(19)21/h3-4,6-7,10,12,20H,5,8-9H2,1-2H3/t10-,12?/m0/s1. The van der Waals surface area contributed by atoms with Crippen LogP contribution < -0.4 is 5.56 Å². The topological polar surface area (TPSA) is 60.7 Å². The smallest absolute Gasteiger partial charge is 0.258 e. The molecule has 1 heterocycles. The van der Waals surface area contributed by atoms with Gasteiger partial charge in [-0.25, -0.2) is 4.39 Å². The second-order valence-corrected chi connectivity index (χ2v) is 6.26. The van der Waals surface area contributed by atoms with Gasteiger partial charge in [-0.15, -0.1) is 0 Å².